The topological polar surface area (TPSA) is 32.6 Å². The molecule has 1 unspecified atom stereocenters. The van der Waals surface area contributed by atoms with Gasteiger partial charge in [0, 0.05) is 6.20 Å². The van der Waals surface area contributed by atoms with E-state index in [1.54, 1.807) is 11.6 Å². The van der Waals surface area contributed by atoms with Crippen molar-refractivity contribution in [2.24, 2.45) is 4.99 Å². The molecule has 0 fully saturated rings. The lowest BCUT2D eigenvalue weighted by molar-refractivity contribution is 0.666. The Hall–Kier alpha value is -0.280. The normalized spacial score (nSPS) is 35.2. The molecule has 0 aromatic heterocycles. The Morgan fingerprint density at radius 3 is 2.83 bits per heavy atom. The standard InChI is InChI=1S/C3H4NOS/c5-6-2-1-4-3-6/h1-2,5-6H. The maximum Gasteiger partial charge on any atom is 0.135 e. The lowest BCUT2D eigenvalue weighted by Gasteiger charge is -1.87. The molecular weight excluding hydrogens is 98.1 g/mol. The first kappa shape index (κ1) is 3.89. The Morgan fingerprint density at radius 2 is 2.67 bits per heavy atom. The van der Waals surface area contributed by atoms with Crippen LogP contribution in [0.5, 0.6) is 0 Å². The summed E-state index contributed by atoms with van der Waals surface area (Å²) < 4.78 is 8.50. The van der Waals surface area contributed by atoms with Crippen LogP contribution in [0.4, 0.5) is 0 Å². The number of hydrogen-bond donors (Lipinski definition) is 2. The maximum atomic E-state index is 8.50. The van der Waals surface area contributed by atoms with Gasteiger partial charge in [-0.1, -0.05) is 11.2 Å². The first-order valence-corrected chi connectivity index (χ1v) is 2.86. The van der Waals surface area contributed by atoms with Crippen LogP contribution in [-0.4, -0.2) is 10.1 Å². The lowest BCUT2D eigenvalue weighted by atomic mass is 11.1. The zero-order valence-corrected chi connectivity index (χ0v) is 3.89. The van der Waals surface area contributed by atoms with E-state index >= 15 is 0 Å². The van der Waals surface area contributed by atoms with Crippen LogP contribution in [0.1, 0.15) is 0 Å². The molecule has 1 heterocycles. The quantitative estimate of drug-likeness (QED) is 0.437. The first-order chi connectivity index (χ1) is 2.89. The van der Waals surface area contributed by atoms with Crippen molar-refractivity contribution in [3.63, 3.8) is 0 Å². The van der Waals surface area contributed by atoms with Crippen LogP contribution in [-0.2, 0) is 0 Å². The van der Waals surface area contributed by atoms with Crippen molar-refractivity contribution in [1.29, 1.82) is 0 Å². The summed E-state index contributed by atoms with van der Waals surface area (Å²) in [4.78, 5) is 3.51. The van der Waals surface area contributed by atoms with Crippen molar-refractivity contribution >= 4 is 16.7 Å². The minimum absolute atomic E-state index is 1.06. The summed E-state index contributed by atoms with van der Waals surface area (Å²) in [5.74, 6) is 0. The van der Waals surface area contributed by atoms with Crippen molar-refractivity contribution in [3.8, 4) is 0 Å². The average molecular weight is 102 g/mol. The fourth-order valence-electron chi connectivity index (χ4n) is 0.222. The number of thiol groups is 1. The van der Waals surface area contributed by atoms with Crippen molar-refractivity contribution in [2.75, 3.05) is 0 Å². The minimum atomic E-state index is -1.06. The molecule has 0 amide bonds. The van der Waals surface area contributed by atoms with E-state index in [1.165, 1.54) is 0 Å². The highest BCUT2D eigenvalue weighted by atomic mass is 32.2. The lowest BCUT2D eigenvalue weighted by Crippen LogP contribution is -1.61. The van der Waals surface area contributed by atoms with Crippen LogP contribution < -0.4 is 0 Å². The largest absolute Gasteiger partial charge is 0.345 e. The summed E-state index contributed by atoms with van der Waals surface area (Å²) >= 11 is -1.06. The van der Waals surface area contributed by atoms with Crippen LogP contribution in [0.25, 0.3) is 0 Å². The molecule has 1 aliphatic heterocycles. The molecule has 0 aromatic rings. The predicted molar refractivity (Wildman–Crippen MR) is 28.2 cm³/mol. The molecule has 2 nitrogen and oxygen atoms in total. The molecule has 0 spiro atoms. The van der Waals surface area contributed by atoms with Gasteiger partial charge in [0.05, 0.1) is 0 Å². The molecule has 1 atom stereocenters. The number of nitrogens with zero attached hydrogens (tertiary/aromatic N) is 1. The van der Waals surface area contributed by atoms with Crippen molar-refractivity contribution in [3.05, 3.63) is 11.6 Å². The third kappa shape index (κ3) is 0.609. The van der Waals surface area contributed by atoms with Crippen LogP contribution in [0.15, 0.2) is 16.6 Å². The molecular formula is C3H4NOS. The van der Waals surface area contributed by atoms with Gasteiger partial charge in [-0.05, 0) is 5.41 Å². The van der Waals surface area contributed by atoms with Gasteiger partial charge in [0.2, 0.25) is 0 Å². The molecule has 1 aliphatic rings. The second-order valence-corrected chi connectivity index (χ2v) is 2.06. The molecule has 3 heteroatoms. The van der Waals surface area contributed by atoms with E-state index in [9.17, 15) is 0 Å². The molecule has 1 N–H and O–H groups in total. The van der Waals surface area contributed by atoms with E-state index in [2.05, 4.69) is 10.5 Å². The van der Waals surface area contributed by atoms with Gasteiger partial charge in [-0.2, -0.15) is 0 Å². The number of aliphatic imine (C=N–C) groups is 1. The summed E-state index contributed by atoms with van der Waals surface area (Å²) in [7, 11) is 0. The van der Waals surface area contributed by atoms with Crippen LogP contribution in [0, 0.1) is 0 Å². The summed E-state index contributed by atoms with van der Waals surface area (Å²) in [6, 6.07) is 0. The molecule has 0 saturated carbocycles. The Labute approximate surface area is 38.8 Å². The van der Waals surface area contributed by atoms with Gasteiger partial charge >= 0.3 is 0 Å². The molecule has 1 radical (unpaired) electrons. The molecule has 0 aromatic carbocycles. The van der Waals surface area contributed by atoms with Crippen molar-refractivity contribution in [2.45, 2.75) is 0 Å². The maximum absolute atomic E-state index is 8.50. The Morgan fingerprint density at radius 1 is 1.83 bits per heavy atom. The minimum Gasteiger partial charge on any atom is -0.345 e. The van der Waals surface area contributed by atoms with Crippen molar-refractivity contribution in [1.82, 2.24) is 0 Å². The highest BCUT2D eigenvalue weighted by Gasteiger charge is 1.89. The van der Waals surface area contributed by atoms with Gasteiger partial charge in [-0.25, -0.2) is 4.99 Å². The Bertz CT molecular complexity index is 87.0. The molecule has 0 aliphatic carbocycles. The fraction of sp³-hybridized carbons (Fsp3) is 0. The van der Waals surface area contributed by atoms with Gasteiger partial charge in [0.25, 0.3) is 0 Å². The summed E-state index contributed by atoms with van der Waals surface area (Å²) in [5.41, 5.74) is 2.45. The third-order valence-electron chi connectivity index (χ3n) is 0.443. The zero-order chi connectivity index (χ0) is 4.41. The van der Waals surface area contributed by atoms with Crippen LogP contribution in [0.2, 0.25) is 0 Å². The van der Waals surface area contributed by atoms with E-state index in [0.717, 1.165) is 0 Å². The summed E-state index contributed by atoms with van der Waals surface area (Å²) in [6.45, 7) is 0. The first-order valence-electron chi connectivity index (χ1n) is 1.50. The number of hydrogen-bond acceptors (Lipinski definition) is 2. The number of rotatable bonds is 0. The van der Waals surface area contributed by atoms with Gasteiger partial charge < -0.3 is 4.55 Å². The van der Waals surface area contributed by atoms with Gasteiger partial charge in [-0.3, -0.25) is 0 Å². The van der Waals surface area contributed by atoms with Crippen LogP contribution in [0.3, 0.4) is 0 Å². The third-order valence-corrected chi connectivity index (χ3v) is 1.18. The summed E-state index contributed by atoms with van der Waals surface area (Å²) in [5, 5.41) is 1.62. The Kier molecular flexibility index (Phi) is 0.939. The van der Waals surface area contributed by atoms with Gasteiger partial charge in [0.1, 0.15) is 5.55 Å². The van der Waals surface area contributed by atoms with E-state index in [0.29, 0.717) is 0 Å². The highest BCUT2D eigenvalue weighted by molar-refractivity contribution is 8.26. The molecule has 6 heavy (non-hydrogen) atoms. The van der Waals surface area contributed by atoms with Crippen LogP contribution >= 0.6 is 11.2 Å². The fourth-order valence-corrected chi connectivity index (χ4v) is 0.667. The smallest absolute Gasteiger partial charge is 0.135 e. The van der Waals surface area contributed by atoms with E-state index in [-0.39, 0.29) is 0 Å². The zero-order valence-electron chi connectivity index (χ0n) is 3.00. The SMILES string of the molecule is O[SH]1[C]=NC=C1. The molecule has 33 valence electrons. The highest BCUT2D eigenvalue weighted by Crippen LogP contribution is 2.20. The summed E-state index contributed by atoms with van der Waals surface area (Å²) in [6.07, 6.45) is 1.55. The Balaban J connectivity index is 2.60. The monoisotopic (exact) mass is 102 g/mol. The second-order valence-electron chi connectivity index (χ2n) is 0.872. The van der Waals surface area contributed by atoms with Gasteiger partial charge in [-0.15, -0.1) is 0 Å². The average Bonchev–Trinajstić information content (AvgIpc) is 1.86. The van der Waals surface area contributed by atoms with E-state index < -0.39 is 11.2 Å². The molecule has 0 bridgehead atoms. The molecule has 0 saturated heterocycles. The molecule has 1 rings (SSSR count). The van der Waals surface area contributed by atoms with E-state index in [1.807, 2.05) is 0 Å². The van der Waals surface area contributed by atoms with Gasteiger partial charge in [0.15, 0.2) is 0 Å². The second kappa shape index (κ2) is 1.45. The van der Waals surface area contributed by atoms with E-state index in [4.69, 9.17) is 4.55 Å². The van der Waals surface area contributed by atoms with Crippen molar-refractivity contribution < 1.29 is 4.55 Å². The predicted octanol–water partition coefficient (Wildman–Crippen LogP) is 0.851.